The maximum Gasteiger partial charge on any atom is 0.248 e. The molecule has 0 spiro atoms. The number of nitrogens with zero attached hydrogens (tertiary/aromatic N) is 1. The van der Waals surface area contributed by atoms with Crippen molar-refractivity contribution in [2.75, 3.05) is 5.32 Å². The number of hydrogen-bond donors (Lipinski definition) is 3. The standard InChI is InChI=1S/C25H29ClN4O/c1-2-23(27-17-9-11-20-15(13-17)7-12-24(31)29-20)30-25-18-5-3-4-6-21(18)28-22-14-16(26)8-10-19(22)25/h7-8,10,12,14,17,23,27H,2-6,9,11,13H2,1H3,(H,28,30)(H,29,31). The molecule has 2 unspecified atom stereocenters. The zero-order valence-electron chi connectivity index (χ0n) is 17.9. The van der Waals surface area contributed by atoms with Gasteiger partial charge in [-0.15, -0.1) is 0 Å². The lowest BCUT2D eigenvalue weighted by Gasteiger charge is -2.31. The summed E-state index contributed by atoms with van der Waals surface area (Å²) >= 11 is 6.27. The zero-order chi connectivity index (χ0) is 21.4. The van der Waals surface area contributed by atoms with Crippen LogP contribution in [0.4, 0.5) is 5.69 Å². The molecule has 0 fully saturated rings. The molecular formula is C25H29ClN4O. The second-order valence-corrected chi connectivity index (χ2v) is 9.26. The second kappa shape index (κ2) is 8.64. The Morgan fingerprint density at radius 2 is 2.06 bits per heavy atom. The highest BCUT2D eigenvalue weighted by Gasteiger charge is 2.24. The molecule has 0 amide bonds. The largest absolute Gasteiger partial charge is 0.369 e. The van der Waals surface area contributed by atoms with Crippen LogP contribution in [0.5, 0.6) is 0 Å². The van der Waals surface area contributed by atoms with E-state index in [1.54, 1.807) is 6.07 Å². The summed E-state index contributed by atoms with van der Waals surface area (Å²) in [6, 6.07) is 10.0. The van der Waals surface area contributed by atoms with Crippen LogP contribution in [0.2, 0.25) is 5.02 Å². The lowest BCUT2D eigenvalue weighted by molar-refractivity contribution is 0.403. The molecule has 2 heterocycles. The smallest absolute Gasteiger partial charge is 0.248 e. The minimum absolute atomic E-state index is 0.00676. The van der Waals surface area contributed by atoms with Crippen LogP contribution >= 0.6 is 11.6 Å². The van der Waals surface area contributed by atoms with Gasteiger partial charge in [-0.05, 0) is 80.7 Å². The van der Waals surface area contributed by atoms with Crippen LogP contribution in [-0.4, -0.2) is 22.2 Å². The molecule has 3 N–H and O–H groups in total. The Kier molecular flexibility index (Phi) is 5.72. The van der Waals surface area contributed by atoms with E-state index in [0.717, 1.165) is 60.1 Å². The van der Waals surface area contributed by atoms with Gasteiger partial charge in [0.05, 0.1) is 11.7 Å². The van der Waals surface area contributed by atoms with Gasteiger partial charge in [0.1, 0.15) is 0 Å². The Hall–Kier alpha value is -2.37. The Bertz CT molecular complexity index is 1170. The number of pyridine rings is 2. The van der Waals surface area contributed by atoms with Crippen LogP contribution in [0.15, 0.2) is 35.1 Å². The predicted molar refractivity (Wildman–Crippen MR) is 127 cm³/mol. The first-order valence-electron chi connectivity index (χ1n) is 11.5. The van der Waals surface area contributed by atoms with Gasteiger partial charge in [-0.3, -0.25) is 15.1 Å². The first-order chi connectivity index (χ1) is 15.1. The molecule has 31 heavy (non-hydrogen) atoms. The second-order valence-electron chi connectivity index (χ2n) is 8.82. The van der Waals surface area contributed by atoms with Crippen molar-refractivity contribution in [3.63, 3.8) is 0 Å². The number of rotatable bonds is 5. The third-order valence-electron chi connectivity index (χ3n) is 6.70. The molecule has 5 nitrogen and oxygen atoms in total. The third-order valence-corrected chi connectivity index (χ3v) is 6.93. The number of aromatic amines is 1. The highest BCUT2D eigenvalue weighted by Crippen LogP contribution is 2.35. The monoisotopic (exact) mass is 436 g/mol. The van der Waals surface area contributed by atoms with Crippen LogP contribution in [0, 0.1) is 0 Å². The van der Waals surface area contributed by atoms with Crippen molar-refractivity contribution in [2.45, 2.75) is 70.5 Å². The molecule has 2 aromatic heterocycles. The molecule has 0 bridgehead atoms. The lowest BCUT2D eigenvalue weighted by Crippen LogP contribution is -2.45. The molecule has 5 rings (SSSR count). The molecular weight excluding hydrogens is 408 g/mol. The number of fused-ring (bicyclic) bond motifs is 3. The minimum Gasteiger partial charge on any atom is -0.369 e. The highest BCUT2D eigenvalue weighted by atomic mass is 35.5. The van der Waals surface area contributed by atoms with E-state index in [1.807, 2.05) is 18.2 Å². The average Bonchev–Trinajstić information content (AvgIpc) is 2.78. The van der Waals surface area contributed by atoms with Crippen LogP contribution in [0.3, 0.4) is 0 Å². The summed E-state index contributed by atoms with van der Waals surface area (Å²) in [7, 11) is 0. The van der Waals surface area contributed by atoms with Gasteiger partial charge in [-0.25, -0.2) is 0 Å². The van der Waals surface area contributed by atoms with E-state index in [1.165, 1.54) is 35.3 Å². The van der Waals surface area contributed by atoms with Gasteiger partial charge in [0.2, 0.25) is 5.56 Å². The molecule has 0 saturated carbocycles. The topological polar surface area (TPSA) is 69.8 Å². The molecule has 2 atom stereocenters. The molecule has 6 heteroatoms. The van der Waals surface area contributed by atoms with Gasteiger partial charge in [0.25, 0.3) is 0 Å². The van der Waals surface area contributed by atoms with E-state index in [4.69, 9.17) is 16.6 Å². The minimum atomic E-state index is -0.00676. The van der Waals surface area contributed by atoms with Gasteiger partial charge >= 0.3 is 0 Å². The van der Waals surface area contributed by atoms with E-state index in [0.29, 0.717) is 6.04 Å². The lowest BCUT2D eigenvalue weighted by atomic mass is 9.91. The molecule has 162 valence electrons. The number of anilines is 1. The summed E-state index contributed by atoms with van der Waals surface area (Å²) in [5.41, 5.74) is 7.11. The van der Waals surface area contributed by atoms with Gasteiger partial charge in [0.15, 0.2) is 0 Å². The van der Waals surface area contributed by atoms with Gasteiger partial charge < -0.3 is 10.3 Å². The number of aryl methyl sites for hydroxylation is 2. The average molecular weight is 437 g/mol. The van der Waals surface area contributed by atoms with Crippen molar-refractivity contribution >= 4 is 28.2 Å². The van der Waals surface area contributed by atoms with Gasteiger partial charge in [-0.1, -0.05) is 24.6 Å². The number of hydrogen-bond acceptors (Lipinski definition) is 4. The Morgan fingerprint density at radius 1 is 1.19 bits per heavy atom. The van der Waals surface area contributed by atoms with Crippen molar-refractivity contribution in [3.8, 4) is 0 Å². The van der Waals surface area contributed by atoms with Crippen molar-refractivity contribution in [1.82, 2.24) is 15.3 Å². The summed E-state index contributed by atoms with van der Waals surface area (Å²) in [5, 5.41) is 9.57. The van der Waals surface area contributed by atoms with E-state index >= 15 is 0 Å². The predicted octanol–water partition coefficient (Wildman–Crippen LogP) is 4.75. The molecule has 2 aliphatic rings. The van der Waals surface area contributed by atoms with E-state index in [2.05, 4.69) is 28.6 Å². The summed E-state index contributed by atoms with van der Waals surface area (Å²) in [5.74, 6) is 0. The maximum atomic E-state index is 11.6. The van der Waals surface area contributed by atoms with Crippen LogP contribution in [0.25, 0.3) is 10.9 Å². The number of H-pyrrole nitrogens is 1. The first-order valence-corrected chi connectivity index (χ1v) is 11.8. The number of aromatic nitrogens is 2. The number of halogens is 1. The third kappa shape index (κ3) is 4.21. The molecule has 3 aromatic rings. The Morgan fingerprint density at radius 3 is 2.94 bits per heavy atom. The van der Waals surface area contributed by atoms with Crippen molar-refractivity contribution in [1.29, 1.82) is 0 Å². The quantitative estimate of drug-likeness (QED) is 0.505. The maximum absolute atomic E-state index is 11.6. The fraction of sp³-hybridized carbons (Fsp3) is 0.440. The summed E-state index contributed by atoms with van der Waals surface area (Å²) in [4.78, 5) is 19.5. The molecule has 2 aliphatic carbocycles. The number of benzene rings is 1. The summed E-state index contributed by atoms with van der Waals surface area (Å²) < 4.78 is 0. The van der Waals surface area contributed by atoms with E-state index in [-0.39, 0.29) is 11.7 Å². The molecule has 0 radical (unpaired) electrons. The van der Waals surface area contributed by atoms with Crippen molar-refractivity contribution < 1.29 is 0 Å². The summed E-state index contributed by atoms with van der Waals surface area (Å²) in [6.07, 6.45) is 8.53. The zero-order valence-corrected chi connectivity index (χ0v) is 18.7. The Labute approximate surface area is 187 Å². The summed E-state index contributed by atoms with van der Waals surface area (Å²) in [6.45, 7) is 2.21. The molecule has 0 aliphatic heterocycles. The van der Waals surface area contributed by atoms with E-state index in [9.17, 15) is 4.79 Å². The number of nitrogens with one attached hydrogen (secondary N) is 3. The molecule has 1 aromatic carbocycles. The van der Waals surface area contributed by atoms with Gasteiger partial charge in [0, 0.05) is 39.6 Å². The normalized spacial score (nSPS) is 19.0. The fourth-order valence-electron chi connectivity index (χ4n) is 5.07. The van der Waals surface area contributed by atoms with Crippen molar-refractivity contribution in [2.24, 2.45) is 0 Å². The highest BCUT2D eigenvalue weighted by molar-refractivity contribution is 6.31. The van der Waals surface area contributed by atoms with Crippen LogP contribution in [-0.2, 0) is 25.7 Å². The Balaban J connectivity index is 1.41. The first kappa shape index (κ1) is 20.5. The van der Waals surface area contributed by atoms with E-state index < -0.39 is 0 Å². The SMILES string of the molecule is CCC(Nc1c2c(nc3cc(Cl)ccc13)CCCC2)NC1CCc2[nH]c(=O)ccc2C1. The molecule has 0 saturated heterocycles. The fourth-order valence-corrected chi connectivity index (χ4v) is 5.24. The van der Waals surface area contributed by atoms with Crippen LogP contribution in [0.1, 0.15) is 55.1 Å². The van der Waals surface area contributed by atoms with Gasteiger partial charge in [-0.2, -0.15) is 0 Å². The van der Waals surface area contributed by atoms with Crippen LogP contribution < -0.4 is 16.2 Å². The van der Waals surface area contributed by atoms with Crippen molar-refractivity contribution in [3.05, 3.63) is 68.2 Å².